The molecular formula is C23H19F3N6O. The van der Waals surface area contributed by atoms with Crippen LogP contribution in [-0.2, 0) is 7.05 Å². The van der Waals surface area contributed by atoms with Crippen LogP contribution < -0.4 is 9.64 Å². The molecule has 4 aromatic rings. The number of aromatic nitrogens is 5. The zero-order valence-corrected chi connectivity index (χ0v) is 17.6. The summed E-state index contributed by atoms with van der Waals surface area (Å²) >= 11 is 0. The number of piperidine rings is 1. The maximum absolute atomic E-state index is 13.3. The van der Waals surface area contributed by atoms with E-state index < -0.39 is 17.5 Å². The second-order valence-corrected chi connectivity index (χ2v) is 8.54. The lowest BCUT2D eigenvalue weighted by atomic mass is 10.2. The number of pyridine rings is 1. The monoisotopic (exact) mass is 452 g/mol. The number of ether oxygens (including phenoxy) is 1. The van der Waals surface area contributed by atoms with Crippen molar-refractivity contribution in [2.24, 2.45) is 24.8 Å². The van der Waals surface area contributed by atoms with E-state index in [4.69, 9.17) is 4.74 Å². The van der Waals surface area contributed by atoms with Crippen LogP contribution >= 0.6 is 0 Å². The molecule has 0 N–H and O–H groups in total. The molecule has 1 saturated heterocycles. The molecule has 168 valence electrons. The van der Waals surface area contributed by atoms with E-state index in [1.165, 1.54) is 18.2 Å². The zero-order valence-electron chi connectivity index (χ0n) is 17.6. The average Bonchev–Trinajstić information content (AvgIpc) is 3.10. The minimum atomic E-state index is -0.644. The topological polar surface area (TPSA) is 69.0 Å². The quantitative estimate of drug-likeness (QED) is 0.461. The molecule has 1 aliphatic carbocycles. The van der Waals surface area contributed by atoms with Crippen molar-refractivity contribution in [3.05, 3.63) is 60.2 Å². The van der Waals surface area contributed by atoms with Crippen molar-refractivity contribution in [3.8, 4) is 17.3 Å². The van der Waals surface area contributed by atoms with Crippen molar-refractivity contribution in [1.29, 1.82) is 0 Å². The molecule has 1 aliphatic heterocycles. The summed E-state index contributed by atoms with van der Waals surface area (Å²) in [4.78, 5) is 20.1. The molecule has 6 rings (SSSR count). The molecule has 0 spiro atoms. The molecule has 3 aromatic heterocycles. The predicted octanol–water partition coefficient (Wildman–Crippen LogP) is 3.60. The van der Waals surface area contributed by atoms with Crippen LogP contribution in [0.25, 0.3) is 22.8 Å². The number of aryl methyl sites for hydroxylation is 1. The summed E-state index contributed by atoms with van der Waals surface area (Å²) < 4.78 is 47.3. The molecule has 10 heteroatoms. The molecule has 4 heterocycles. The first kappa shape index (κ1) is 20.0. The van der Waals surface area contributed by atoms with Crippen molar-refractivity contribution in [2.45, 2.75) is 0 Å². The van der Waals surface area contributed by atoms with Gasteiger partial charge in [-0.3, -0.25) is 0 Å². The van der Waals surface area contributed by atoms with Gasteiger partial charge in [-0.1, -0.05) is 0 Å². The highest BCUT2D eigenvalue weighted by molar-refractivity contribution is 5.74. The molecule has 2 fully saturated rings. The molecule has 0 radical (unpaired) electrons. The van der Waals surface area contributed by atoms with E-state index in [1.807, 2.05) is 7.05 Å². The van der Waals surface area contributed by atoms with Crippen molar-refractivity contribution in [3.63, 3.8) is 0 Å². The lowest BCUT2D eigenvalue weighted by molar-refractivity contribution is 0.280. The standard InChI is InChI=1S/C23H19F3N6O/c1-31-22(19-3-2-12(24)7-27-19)30-21-23(31)28-8-20(29-21)32-9-16-17(10-32)18(16)11-33-15-5-13(25)4-14(26)6-15/h2-8,16-18H,9-11H2,1H3. The lowest BCUT2D eigenvalue weighted by Gasteiger charge is -2.20. The van der Waals surface area contributed by atoms with Crippen molar-refractivity contribution in [1.82, 2.24) is 24.5 Å². The Morgan fingerprint density at radius 2 is 1.70 bits per heavy atom. The summed E-state index contributed by atoms with van der Waals surface area (Å²) in [6, 6.07) is 6.14. The lowest BCUT2D eigenvalue weighted by Crippen LogP contribution is -2.26. The number of hydrogen-bond acceptors (Lipinski definition) is 6. The third kappa shape index (κ3) is 3.55. The van der Waals surface area contributed by atoms with Gasteiger partial charge in [-0.15, -0.1) is 0 Å². The summed E-state index contributed by atoms with van der Waals surface area (Å²) in [5.74, 6) is 1.09. The summed E-state index contributed by atoms with van der Waals surface area (Å²) in [6.45, 7) is 2.07. The highest BCUT2D eigenvalue weighted by Gasteiger charge is 2.56. The number of nitrogens with zero attached hydrogens (tertiary/aromatic N) is 6. The summed E-state index contributed by atoms with van der Waals surface area (Å²) in [6.07, 6.45) is 2.89. The Balaban J connectivity index is 1.14. The maximum Gasteiger partial charge on any atom is 0.200 e. The summed E-state index contributed by atoms with van der Waals surface area (Å²) in [7, 11) is 1.82. The largest absolute Gasteiger partial charge is 0.493 e. The number of imidazole rings is 1. The van der Waals surface area contributed by atoms with E-state index in [1.54, 1.807) is 16.8 Å². The van der Waals surface area contributed by atoms with Gasteiger partial charge in [0, 0.05) is 44.3 Å². The van der Waals surface area contributed by atoms with Crippen molar-refractivity contribution in [2.75, 3.05) is 24.6 Å². The second kappa shape index (κ2) is 7.43. The molecule has 1 aromatic carbocycles. The Hall–Kier alpha value is -3.69. The van der Waals surface area contributed by atoms with Crippen LogP contribution in [0.2, 0.25) is 0 Å². The minimum Gasteiger partial charge on any atom is -0.493 e. The van der Waals surface area contributed by atoms with E-state index in [0.29, 0.717) is 47.2 Å². The SMILES string of the molecule is Cn1c(-c2ccc(F)cn2)nc2nc(N3CC4C(COc5cc(F)cc(F)c5)C4C3)cnc21. The normalized spacial score (nSPS) is 21.5. The Kier molecular flexibility index (Phi) is 4.49. The molecule has 2 aliphatic rings. The number of benzene rings is 1. The highest BCUT2D eigenvalue weighted by atomic mass is 19.1. The van der Waals surface area contributed by atoms with Crippen LogP contribution in [0.3, 0.4) is 0 Å². The molecule has 33 heavy (non-hydrogen) atoms. The molecule has 0 bridgehead atoms. The van der Waals surface area contributed by atoms with Crippen molar-refractivity contribution < 1.29 is 17.9 Å². The molecule has 1 saturated carbocycles. The number of rotatable bonds is 5. The van der Waals surface area contributed by atoms with Crippen LogP contribution in [0, 0.1) is 35.2 Å². The maximum atomic E-state index is 13.3. The van der Waals surface area contributed by atoms with Gasteiger partial charge in [0.25, 0.3) is 0 Å². The second-order valence-electron chi connectivity index (χ2n) is 8.54. The number of halogens is 3. The Morgan fingerprint density at radius 1 is 0.939 bits per heavy atom. The van der Waals surface area contributed by atoms with Gasteiger partial charge in [0.1, 0.15) is 34.7 Å². The smallest absolute Gasteiger partial charge is 0.200 e. The van der Waals surface area contributed by atoms with Crippen LogP contribution in [0.15, 0.2) is 42.7 Å². The number of fused-ring (bicyclic) bond motifs is 2. The Bertz CT molecular complexity index is 1330. The first-order valence-corrected chi connectivity index (χ1v) is 10.6. The predicted molar refractivity (Wildman–Crippen MR) is 114 cm³/mol. The van der Waals surface area contributed by atoms with Crippen LogP contribution in [0.5, 0.6) is 5.75 Å². The third-order valence-corrected chi connectivity index (χ3v) is 6.50. The molecule has 2 unspecified atom stereocenters. The molecule has 2 atom stereocenters. The van der Waals surface area contributed by atoms with Gasteiger partial charge < -0.3 is 14.2 Å². The van der Waals surface area contributed by atoms with Gasteiger partial charge in [-0.05, 0) is 24.0 Å². The van der Waals surface area contributed by atoms with Crippen molar-refractivity contribution >= 4 is 17.1 Å². The molecule has 7 nitrogen and oxygen atoms in total. The summed E-state index contributed by atoms with van der Waals surface area (Å²) in [5.41, 5.74) is 1.67. The molecule has 0 amide bonds. The van der Waals surface area contributed by atoms with E-state index in [0.717, 1.165) is 31.2 Å². The van der Waals surface area contributed by atoms with Crippen LogP contribution in [0.4, 0.5) is 19.0 Å². The van der Waals surface area contributed by atoms with Gasteiger partial charge in [-0.2, -0.15) is 0 Å². The van der Waals surface area contributed by atoms with Gasteiger partial charge in [0.05, 0.1) is 19.0 Å². The highest BCUT2D eigenvalue weighted by Crippen LogP contribution is 2.52. The van der Waals surface area contributed by atoms with Crippen LogP contribution in [-0.4, -0.2) is 44.2 Å². The Labute approximate surface area is 186 Å². The van der Waals surface area contributed by atoms with Gasteiger partial charge >= 0.3 is 0 Å². The number of anilines is 1. The summed E-state index contributed by atoms with van der Waals surface area (Å²) in [5, 5.41) is 0. The van der Waals surface area contributed by atoms with E-state index in [2.05, 4.69) is 24.8 Å². The van der Waals surface area contributed by atoms with E-state index in [-0.39, 0.29) is 5.75 Å². The number of hydrogen-bond donors (Lipinski definition) is 0. The first-order chi connectivity index (χ1) is 16.0. The minimum absolute atomic E-state index is 0.215. The van der Waals surface area contributed by atoms with E-state index >= 15 is 0 Å². The first-order valence-electron chi connectivity index (χ1n) is 10.6. The van der Waals surface area contributed by atoms with Gasteiger partial charge in [0.15, 0.2) is 17.1 Å². The fourth-order valence-electron chi connectivity index (χ4n) is 4.73. The van der Waals surface area contributed by atoms with Gasteiger partial charge in [-0.25, -0.2) is 33.1 Å². The van der Waals surface area contributed by atoms with E-state index in [9.17, 15) is 13.2 Å². The average molecular weight is 452 g/mol. The Morgan fingerprint density at radius 3 is 2.39 bits per heavy atom. The zero-order chi connectivity index (χ0) is 22.7. The third-order valence-electron chi connectivity index (χ3n) is 6.50. The fourth-order valence-corrected chi connectivity index (χ4v) is 4.73. The molecular weight excluding hydrogens is 433 g/mol. The van der Waals surface area contributed by atoms with Crippen LogP contribution in [0.1, 0.15) is 0 Å². The fraction of sp³-hybridized carbons (Fsp3) is 0.304. The van der Waals surface area contributed by atoms with Gasteiger partial charge in [0.2, 0.25) is 0 Å².